The van der Waals surface area contributed by atoms with Gasteiger partial charge in [0.05, 0.1) is 28.6 Å². The highest BCUT2D eigenvalue weighted by Crippen LogP contribution is 2.29. The molecule has 1 aromatic carbocycles. The molecular formula is C13H18Cl2N2O2. The molecule has 0 aliphatic rings. The van der Waals surface area contributed by atoms with Crippen LogP contribution in [0.1, 0.15) is 24.9 Å². The maximum Gasteiger partial charge on any atom is 0.223 e. The number of amides is 1. The Morgan fingerprint density at radius 3 is 2.74 bits per heavy atom. The van der Waals surface area contributed by atoms with E-state index in [-0.39, 0.29) is 24.5 Å². The summed E-state index contributed by atoms with van der Waals surface area (Å²) in [6.07, 6.45) is -0.0581. The first-order valence-electron chi connectivity index (χ1n) is 5.95. The lowest BCUT2D eigenvalue weighted by Gasteiger charge is -2.18. The molecule has 1 amide bonds. The molecule has 2 atom stereocenters. The van der Waals surface area contributed by atoms with Gasteiger partial charge in [0.1, 0.15) is 0 Å². The number of hydrogen-bond acceptors (Lipinski definition) is 3. The molecule has 1 rings (SSSR count). The lowest BCUT2D eigenvalue weighted by Crippen LogP contribution is -2.33. The van der Waals surface area contributed by atoms with Crippen molar-refractivity contribution >= 4 is 29.1 Å². The Labute approximate surface area is 123 Å². The number of carbonyl (C=O) groups is 1. The van der Waals surface area contributed by atoms with E-state index in [0.717, 1.165) is 5.56 Å². The number of methoxy groups -OCH3 is 1. The summed E-state index contributed by atoms with van der Waals surface area (Å²) in [4.78, 5) is 11.8. The zero-order valence-corrected chi connectivity index (χ0v) is 12.5. The van der Waals surface area contributed by atoms with E-state index < -0.39 is 0 Å². The van der Waals surface area contributed by atoms with Crippen LogP contribution in [0.25, 0.3) is 0 Å². The summed E-state index contributed by atoms with van der Waals surface area (Å²) in [6, 6.07) is 5.10. The second-order valence-corrected chi connectivity index (χ2v) is 5.01. The lowest BCUT2D eigenvalue weighted by atomic mass is 10.1. The molecule has 0 heterocycles. The molecule has 0 aliphatic heterocycles. The van der Waals surface area contributed by atoms with E-state index in [2.05, 4.69) is 5.32 Å². The summed E-state index contributed by atoms with van der Waals surface area (Å²) in [5.41, 5.74) is 6.26. The van der Waals surface area contributed by atoms with E-state index in [0.29, 0.717) is 16.6 Å². The van der Waals surface area contributed by atoms with Gasteiger partial charge in [0.25, 0.3) is 0 Å². The smallest absolute Gasteiger partial charge is 0.223 e. The molecule has 0 aromatic heterocycles. The molecule has 0 radical (unpaired) electrons. The third-order valence-corrected chi connectivity index (χ3v) is 3.67. The molecular weight excluding hydrogens is 287 g/mol. The zero-order valence-electron chi connectivity index (χ0n) is 11.0. The van der Waals surface area contributed by atoms with Gasteiger partial charge in [-0.25, -0.2) is 0 Å². The van der Waals surface area contributed by atoms with Gasteiger partial charge in [-0.05, 0) is 18.6 Å². The molecule has 106 valence electrons. The lowest BCUT2D eigenvalue weighted by molar-refractivity contribution is -0.124. The Kier molecular flexibility index (Phi) is 6.58. The fourth-order valence-corrected chi connectivity index (χ4v) is 2.17. The first-order chi connectivity index (χ1) is 8.99. The highest BCUT2D eigenvalue weighted by atomic mass is 35.5. The third-order valence-electron chi connectivity index (χ3n) is 2.83. The van der Waals surface area contributed by atoms with Gasteiger partial charge >= 0.3 is 0 Å². The molecule has 0 bridgehead atoms. The van der Waals surface area contributed by atoms with Crippen LogP contribution in [0, 0.1) is 0 Å². The van der Waals surface area contributed by atoms with Crippen LogP contribution in [-0.4, -0.2) is 25.7 Å². The van der Waals surface area contributed by atoms with Crippen LogP contribution in [-0.2, 0) is 9.53 Å². The summed E-state index contributed by atoms with van der Waals surface area (Å²) in [7, 11) is 1.53. The number of ether oxygens (including phenoxy) is 1. The summed E-state index contributed by atoms with van der Waals surface area (Å²) in [5.74, 6) is -0.138. The molecule has 3 N–H and O–H groups in total. The number of rotatable bonds is 6. The van der Waals surface area contributed by atoms with E-state index >= 15 is 0 Å². The van der Waals surface area contributed by atoms with E-state index in [9.17, 15) is 4.79 Å². The number of carbonyl (C=O) groups excluding carboxylic acids is 1. The highest BCUT2D eigenvalue weighted by Gasteiger charge is 2.16. The van der Waals surface area contributed by atoms with Crippen molar-refractivity contribution in [2.24, 2.45) is 5.73 Å². The second-order valence-electron chi connectivity index (χ2n) is 4.23. The average molecular weight is 305 g/mol. The first-order valence-corrected chi connectivity index (χ1v) is 6.71. The minimum Gasteiger partial charge on any atom is -0.380 e. The fraction of sp³-hybridized carbons (Fsp3) is 0.462. The maximum atomic E-state index is 11.8. The summed E-state index contributed by atoms with van der Waals surface area (Å²) < 4.78 is 5.07. The SMILES string of the molecule is COC(CN)CC(=O)NC(C)c1cccc(Cl)c1Cl. The van der Waals surface area contributed by atoms with Gasteiger partial charge < -0.3 is 15.8 Å². The average Bonchev–Trinajstić information content (AvgIpc) is 2.38. The molecule has 0 saturated heterocycles. The largest absolute Gasteiger partial charge is 0.380 e. The third kappa shape index (κ3) is 4.66. The van der Waals surface area contributed by atoms with Gasteiger partial charge in [0.2, 0.25) is 5.91 Å². The Balaban J connectivity index is 2.66. The van der Waals surface area contributed by atoms with Gasteiger partial charge in [0.15, 0.2) is 0 Å². The monoisotopic (exact) mass is 304 g/mol. The first kappa shape index (κ1) is 16.2. The topological polar surface area (TPSA) is 64.3 Å². The number of hydrogen-bond donors (Lipinski definition) is 2. The Hall–Kier alpha value is -0.810. The molecule has 6 heteroatoms. The van der Waals surface area contributed by atoms with Crippen molar-refractivity contribution in [2.75, 3.05) is 13.7 Å². The van der Waals surface area contributed by atoms with Crippen LogP contribution >= 0.6 is 23.2 Å². The molecule has 1 aromatic rings. The molecule has 19 heavy (non-hydrogen) atoms. The van der Waals surface area contributed by atoms with Crippen molar-refractivity contribution in [3.8, 4) is 0 Å². The Bertz CT molecular complexity index is 437. The molecule has 4 nitrogen and oxygen atoms in total. The van der Waals surface area contributed by atoms with E-state index in [1.54, 1.807) is 12.1 Å². The summed E-state index contributed by atoms with van der Waals surface area (Å²) >= 11 is 12.0. The Morgan fingerprint density at radius 2 is 2.16 bits per heavy atom. The molecule has 0 spiro atoms. The van der Waals surface area contributed by atoms with Crippen LogP contribution in [0.4, 0.5) is 0 Å². The van der Waals surface area contributed by atoms with E-state index in [1.807, 2.05) is 13.0 Å². The van der Waals surface area contributed by atoms with E-state index in [1.165, 1.54) is 7.11 Å². The van der Waals surface area contributed by atoms with Crippen LogP contribution in [0.5, 0.6) is 0 Å². The predicted octanol–water partition coefficient (Wildman–Crippen LogP) is 2.53. The van der Waals surface area contributed by atoms with Crippen LogP contribution in [0.15, 0.2) is 18.2 Å². The standard InChI is InChI=1S/C13H18Cl2N2O2/c1-8(10-4-3-5-11(14)13(10)15)17-12(18)6-9(7-16)19-2/h3-5,8-9H,6-7,16H2,1-2H3,(H,17,18). The molecule has 0 saturated carbocycles. The Morgan fingerprint density at radius 1 is 1.47 bits per heavy atom. The van der Waals surface area contributed by atoms with Gasteiger partial charge in [-0.3, -0.25) is 4.79 Å². The summed E-state index contributed by atoms with van der Waals surface area (Å²) in [5, 5.41) is 3.77. The fourth-order valence-electron chi connectivity index (χ4n) is 1.70. The minimum atomic E-state index is -0.276. The minimum absolute atomic E-state index is 0.138. The van der Waals surface area contributed by atoms with Crippen molar-refractivity contribution in [2.45, 2.75) is 25.5 Å². The van der Waals surface area contributed by atoms with Crippen LogP contribution in [0.3, 0.4) is 0 Å². The van der Waals surface area contributed by atoms with Gasteiger partial charge in [-0.2, -0.15) is 0 Å². The molecule has 0 aliphatic carbocycles. The highest BCUT2D eigenvalue weighted by molar-refractivity contribution is 6.42. The predicted molar refractivity (Wildman–Crippen MR) is 77.5 cm³/mol. The zero-order chi connectivity index (χ0) is 14.4. The van der Waals surface area contributed by atoms with Crippen molar-refractivity contribution < 1.29 is 9.53 Å². The van der Waals surface area contributed by atoms with Crippen molar-refractivity contribution in [1.29, 1.82) is 0 Å². The van der Waals surface area contributed by atoms with Gasteiger partial charge in [-0.1, -0.05) is 35.3 Å². The molecule has 2 unspecified atom stereocenters. The quantitative estimate of drug-likeness (QED) is 0.849. The second kappa shape index (κ2) is 7.70. The molecule has 0 fully saturated rings. The maximum absolute atomic E-state index is 11.8. The normalized spacial score (nSPS) is 13.9. The number of benzene rings is 1. The number of nitrogens with one attached hydrogen (secondary N) is 1. The number of nitrogens with two attached hydrogens (primary N) is 1. The van der Waals surface area contributed by atoms with Gasteiger partial charge in [0, 0.05) is 13.7 Å². The number of halogens is 2. The van der Waals surface area contributed by atoms with Gasteiger partial charge in [-0.15, -0.1) is 0 Å². The van der Waals surface area contributed by atoms with E-state index in [4.69, 9.17) is 33.7 Å². The van der Waals surface area contributed by atoms with Crippen molar-refractivity contribution in [3.05, 3.63) is 33.8 Å². The van der Waals surface area contributed by atoms with Crippen molar-refractivity contribution in [1.82, 2.24) is 5.32 Å². The van der Waals surface area contributed by atoms with Crippen LogP contribution < -0.4 is 11.1 Å². The van der Waals surface area contributed by atoms with Crippen LogP contribution in [0.2, 0.25) is 10.0 Å². The summed E-state index contributed by atoms with van der Waals surface area (Å²) in [6.45, 7) is 2.15. The van der Waals surface area contributed by atoms with Crippen molar-refractivity contribution in [3.63, 3.8) is 0 Å².